The van der Waals surface area contributed by atoms with Crippen molar-refractivity contribution in [2.24, 2.45) is 0 Å². The monoisotopic (exact) mass is 236 g/mol. The molecule has 0 saturated carbocycles. The maximum absolute atomic E-state index is 2.31. The van der Waals surface area contributed by atoms with Gasteiger partial charge >= 0.3 is 0 Å². The first-order chi connectivity index (χ1) is 8.90. The third-order valence-corrected chi connectivity index (χ3v) is 3.93. The van der Waals surface area contributed by atoms with Crippen LogP contribution in [-0.2, 0) is 25.7 Å². The van der Waals surface area contributed by atoms with Crippen LogP contribution in [0.3, 0.4) is 0 Å². The van der Waals surface area contributed by atoms with E-state index in [-0.39, 0.29) is 0 Å². The van der Waals surface area contributed by atoms with Crippen LogP contribution in [0.25, 0.3) is 0 Å². The second-order valence-electron chi connectivity index (χ2n) is 5.34. The van der Waals surface area contributed by atoms with E-state index in [1.54, 1.807) is 0 Å². The third-order valence-electron chi connectivity index (χ3n) is 3.93. The van der Waals surface area contributed by atoms with Crippen LogP contribution in [0.2, 0.25) is 0 Å². The van der Waals surface area contributed by atoms with Gasteiger partial charge in [0, 0.05) is 0 Å². The third kappa shape index (κ3) is 2.81. The van der Waals surface area contributed by atoms with Crippen LogP contribution >= 0.6 is 0 Å². The zero-order valence-electron chi connectivity index (χ0n) is 10.9. The number of hydrogen-bond donors (Lipinski definition) is 0. The average molecular weight is 236 g/mol. The second kappa shape index (κ2) is 5.39. The average Bonchev–Trinajstić information content (AvgIpc) is 2.44. The highest BCUT2D eigenvalue weighted by Crippen LogP contribution is 2.15. The molecule has 0 aliphatic heterocycles. The summed E-state index contributed by atoms with van der Waals surface area (Å²) in [5.74, 6) is 0. The molecular formula is C18H20. The highest BCUT2D eigenvalue weighted by molar-refractivity contribution is 5.27. The van der Waals surface area contributed by atoms with E-state index in [1.165, 1.54) is 47.9 Å². The van der Waals surface area contributed by atoms with E-state index >= 15 is 0 Å². The lowest BCUT2D eigenvalue weighted by atomic mass is 9.97. The molecule has 0 amide bonds. The molecule has 0 unspecified atom stereocenters. The maximum Gasteiger partial charge on any atom is -0.0238 e. The molecule has 6 rings (SSSR count). The Balaban J connectivity index is 1.84. The SMILES string of the molecule is c1cc2ccc1CCCCc1ccc(cc1)CC2. The summed E-state index contributed by atoms with van der Waals surface area (Å²) in [7, 11) is 0. The minimum absolute atomic E-state index is 1.15. The van der Waals surface area contributed by atoms with E-state index in [0.717, 1.165) is 12.8 Å². The van der Waals surface area contributed by atoms with Gasteiger partial charge in [0.05, 0.1) is 0 Å². The Kier molecular flexibility index (Phi) is 3.45. The first-order valence-corrected chi connectivity index (χ1v) is 7.06. The molecule has 0 aromatic heterocycles. The summed E-state index contributed by atoms with van der Waals surface area (Å²) in [6, 6.07) is 18.4. The topological polar surface area (TPSA) is 0 Å². The van der Waals surface area contributed by atoms with Gasteiger partial charge in [0.2, 0.25) is 0 Å². The molecular weight excluding hydrogens is 216 g/mol. The highest BCUT2D eigenvalue weighted by atomic mass is 14.1. The molecule has 0 nitrogen and oxygen atoms in total. The van der Waals surface area contributed by atoms with Crippen LogP contribution in [-0.4, -0.2) is 0 Å². The Morgan fingerprint density at radius 3 is 1.00 bits per heavy atom. The van der Waals surface area contributed by atoms with Gasteiger partial charge in [-0.2, -0.15) is 0 Å². The van der Waals surface area contributed by atoms with E-state index in [4.69, 9.17) is 0 Å². The zero-order chi connectivity index (χ0) is 12.2. The Morgan fingerprint density at radius 2 is 0.667 bits per heavy atom. The Bertz CT molecular complexity index is 441. The summed E-state index contributed by atoms with van der Waals surface area (Å²) in [6.45, 7) is 0. The molecule has 0 fully saturated rings. The van der Waals surface area contributed by atoms with Crippen molar-refractivity contribution in [2.75, 3.05) is 0 Å². The molecule has 2 aromatic carbocycles. The number of benzene rings is 2. The van der Waals surface area contributed by atoms with Gasteiger partial charge in [-0.25, -0.2) is 0 Å². The highest BCUT2D eigenvalue weighted by Gasteiger charge is 2.01. The van der Waals surface area contributed by atoms with Crippen molar-refractivity contribution in [1.82, 2.24) is 0 Å². The molecule has 0 N–H and O–H groups in total. The Morgan fingerprint density at radius 1 is 0.389 bits per heavy atom. The van der Waals surface area contributed by atoms with Crippen molar-refractivity contribution in [3.63, 3.8) is 0 Å². The molecule has 0 saturated heterocycles. The first kappa shape index (κ1) is 11.5. The molecule has 18 heavy (non-hydrogen) atoms. The Hall–Kier alpha value is -1.56. The fraction of sp³-hybridized carbons (Fsp3) is 0.333. The number of aryl methyl sites for hydroxylation is 4. The first-order valence-electron chi connectivity index (χ1n) is 7.06. The molecule has 4 bridgehead atoms. The van der Waals surface area contributed by atoms with Gasteiger partial charge in [-0.15, -0.1) is 0 Å². The van der Waals surface area contributed by atoms with E-state index in [0.29, 0.717) is 0 Å². The van der Waals surface area contributed by atoms with Crippen LogP contribution < -0.4 is 0 Å². The standard InChI is InChI=1S/C18H20/c1-2-4-16-7-11-18(12-8-16)14-13-17-9-5-15(3-1)6-10-17/h5-12H,1-4,13-14H2. The van der Waals surface area contributed by atoms with E-state index < -0.39 is 0 Å². The molecule has 2 aromatic rings. The molecule has 0 spiro atoms. The van der Waals surface area contributed by atoms with E-state index in [2.05, 4.69) is 48.5 Å². The predicted molar refractivity (Wildman–Crippen MR) is 76.9 cm³/mol. The van der Waals surface area contributed by atoms with Crippen LogP contribution in [0.5, 0.6) is 0 Å². The number of rotatable bonds is 0. The molecule has 0 atom stereocenters. The van der Waals surface area contributed by atoms with Crippen molar-refractivity contribution in [2.45, 2.75) is 38.5 Å². The van der Waals surface area contributed by atoms with Gasteiger partial charge in [0.15, 0.2) is 0 Å². The normalized spacial score (nSPS) is 15.6. The lowest BCUT2D eigenvalue weighted by Crippen LogP contribution is -1.95. The fourth-order valence-electron chi connectivity index (χ4n) is 2.69. The lowest BCUT2D eigenvalue weighted by Gasteiger charge is -2.08. The second-order valence-corrected chi connectivity index (χ2v) is 5.34. The fourth-order valence-corrected chi connectivity index (χ4v) is 2.69. The molecule has 92 valence electrons. The maximum atomic E-state index is 2.31. The summed E-state index contributed by atoms with van der Waals surface area (Å²) in [5, 5.41) is 0. The van der Waals surface area contributed by atoms with Gasteiger partial charge in [0.1, 0.15) is 0 Å². The Labute approximate surface area is 110 Å². The van der Waals surface area contributed by atoms with Gasteiger partial charge in [-0.05, 0) is 60.8 Å². The van der Waals surface area contributed by atoms with Gasteiger partial charge < -0.3 is 0 Å². The molecule has 4 aliphatic carbocycles. The quantitative estimate of drug-likeness (QED) is 0.638. The summed E-state index contributed by atoms with van der Waals surface area (Å²) in [5.41, 5.74) is 5.90. The van der Waals surface area contributed by atoms with E-state index in [1.807, 2.05) is 0 Å². The van der Waals surface area contributed by atoms with Crippen molar-refractivity contribution in [1.29, 1.82) is 0 Å². The van der Waals surface area contributed by atoms with Crippen LogP contribution in [0.1, 0.15) is 35.1 Å². The van der Waals surface area contributed by atoms with Crippen molar-refractivity contribution in [3.05, 3.63) is 70.8 Å². The van der Waals surface area contributed by atoms with Crippen LogP contribution in [0.4, 0.5) is 0 Å². The minimum atomic E-state index is 1.15. The number of hydrogen-bond acceptors (Lipinski definition) is 0. The van der Waals surface area contributed by atoms with Gasteiger partial charge in [0.25, 0.3) is 0 Å². The summed E-state index contributed by atoms with van der Waals surface area (Å²) < 4.78 is 0. The molecule has 0 heterocycles. The van der Waals surface area contributed by atoms with Crippen molar-refractivity contribution in [3.8, 4) is 0 Å². The summed E-state index contributed by atoms with van der Waals surface area (Å²) in [6.07, 6.45) is 7.33. The predicted octanol–water partition coefficient (Wildman–Crippen LogP) is 4.35. The largest absolute Gasteiger partial charge is 0.0588 e. The zero-order valence-corrected chi connectivity index (χ0v) is 10.9. The molecule has 4 aliphatic rings. The van der Waals surface area contributed by atoms with Crippen LogP contribution in [0, 0.1) is 0 Å². The summed E-state index contributed by atoms with van der Waals surface area (Å²) in [4.78, 5) is 0. The van der Waals surface area contributed by atoms with Gasteiger partial charge in [-0.1, -0.05) is 48.5 Å². The van der Waals surface area contributed by atoms with Gasteiger partial charge in [-0.3, -0.25) is 0 Å². The smallest absolute Gasteiger partial charge is 0.0238 e. The minimum Gasteiger partial charge on any atom is -0.0588 e. The van der Waals surface area contributed by atoms with Crippen LogP contribution in [0.15, 0.2) is 48.5 Å². The van der Waals surface area contributed by atoms with Crippen molar-refractivity contribution < 1.29 is 0 Å². The lowest BCUT2D eigenvalue weighted by molar-refractivity contribution is 0.733. The molecule has 0 radical (unpaired) electrons. The van der Waals surface area contributed by atoms with E-state index in [9.17, 15) is 0 Å². The molecule has 0 heteroatoms. The van der Waals surface area contributed by atoms with Crippen molar-refractivity contribution >= 4 is 0 Å². The summed E-state index contributed by atoms with van der Waals surface area (Å²) >= 11 is 0.